The van der Waals surface area contributed by atoms with E-state index in [4.69, 9.17) is 4.74 Å². The normalized spacial score (nSPS) is 10.2. The fourth-order valence-electron chi connectivity index (χ4n) is 2.82. The minimum Gasteiger partial charge on any atom is -0.494 e. The standard InChI is InChI=1S/C24H24N2O3/c27-23(16-9-17-29-20-12-5-2-6-13-20)26-22-15-8-7-14-21(22)24(28)25-18-19-10-3-1-4-11-19/h1-8,10-15H,9,16-18H2,(H,25,28)(H,26,27). The lowest BCUT2D eigenvalue weighted by Gasteiger charge is -2.12. The van der Waals surface area contributed by atoms with Crippen molar-refractivity contribution in [3.8, 4) is 5.75 Å². The molecular weight excluding hydrogens is 364 g/mol. The number of amides is 2. The van der Waals surface area contributed by atoms with Gasteiger partial charge in [0.1, 0.15) is 5.75 Å². The van der Waals surface area contributed by atoms with Gasteiger partial charge in [0.15, 0.2) is 0 Å². The van der Waals surface area contributed by atoms with Crippen molar-refractivity contribution in [2.24, 2.45) is 0 Å². The number of benzene rings is 3. The number of ether oxygens (including phenoxy) is 1. The van der Waals surface area contributed by atoms with Gasteiger partial charge in [-0.15, -0.1) is 0 Å². The predicted molar refractivity (Wildman–Crippen MR) is 114 cm³/mol. The number of hydrogen-bond acceptors (Lipinski definition) is 3. The van der Waals surface area contributed by atoms with Crippen molar-refractivity contribution < 1.29 is 14.3 Å². The third-order valence-corrected chi connectivity index (χ3v) is 4.30. The summed E-state index contributed by atoms with van der Waals surface area (Å²) in [5, 5.41) is 5.72. The van der Waals surface area contributed by atoms with E-state index >= 15 is 0 Å². The molecule has 3 aromatic carbocycles. The molecule has 0 saturated carbocycles. The van der Waals surface area contributed by atoms with E-state index in [1.54, 1.807) is 24.3 Å². The van der Waals surface area contributed by atoms with Gasteiger partial charge >= 0.3 is 0 Å². The van der Waals surface area contributed by atoms with Crippen LogP contribution in [0.4, 0.5) is 5.69 Å². The Balaban J connectivity index is 1.48. The largest absolute Gasteiger partial charge is 0.494 e. The van der Waals surface area contributed by atoms with Gasteiger partial charge in [-0.1, -0.05) is 60.7 Å². The molecule has 0 atom stereocenters. The minimum atomic E-state index is -0.225. The zero-order chi connectivity index (χ0) is 20.3. The summed E-state index contributed by atoms with van der Waals surface area (Å²) < 4.78 is 5.60. The molecule has 0 spiro atoms. The van der Waals surface area contributed by atoms with Gasteiger partial charge in [-0.05, 0) is 36.2 Å². The fraction of sp³-hybridized carbons (Fsp3) is 0.167. The SMILES string of the molecule is O=C(CCCOc1ccccc1)Nc1ccccc1C(=O)NCc1ccccc1. The molecule has 3 aromatic rings. The molecule has 0 aromatic heterocycles. The molecule has 2 amide bonds. The van der Waals surface area contributed by atoms with E-state index in [0.29, 0.717) is 37.2 Å². The molecule has 2 N–H and O–H groups in total. The molecule has 5 nitrogen and oxygen atoms in total. The van der Waals surface area contributed by atoms with Crippen molar-refractivity contribution in [1.82, 2.24) is 5.32 Å². The first-order valence-corrected chi connectivity index (χ1v) is 9.61. The maximum Gasteiger partial charge on any atom is 0.253 e. The Hall–Kier alpha value is -3.60. The second kappa shape index (κ2) is 10.7. The molecule has 148 valence electrons. The van der Waals surface area contributed by atoms with E-state index in [1.165, 1.54) is 0 Å². The second-order valence-electron chi connectivity index (χ2n) is 6.53. The van der Waals surface area contributed by atoms with E-state index in [9.17, 15) is 9.59 Å². The van der Waals surface area contributed by atoms with Crippen LogP contribution in [-0.4, -0.2) is 18.4 Å². The van der Waals surface area contributed by atoms with E-state index < -0.39 is 0 Å². The lowest BCUT2D eigenvalue weighted by Crippen LogP contribution is -2.24. The van der Waals surface area contributed by atoms with E-state index in [0.717, 1.165) is 11.3 Å². The van der Waals surface area contributed by atoms with Crippen molar-refractivity contribution in [2.45, 2.75) is 19.4 Å². The summed E-state index contributed by atoms with van der Waals surface area (Å²) in [5.41, 5.74) is 1.96. The van der Waals surface area contributed by atoms with Gasteiger partial charge in [-0.2, -0.15) is 0 Å². The van der Waals surface area contributed by atoms with Crippen LogP contribution in [0.5, 0.6) is 5.75 Å². The van der Waals surface area contributed by atoms with Gasteiger partial charge in [-0.3, -0.25) is 9.59 Å². The highest BCUT2D eigenvalue weighted by atomic mass is 16.5. The Bertz CT molecular complexity index is 927. The Labute approximate surface area is 170 Å². The summed E-state index contributed by atoms with van der Waals surface area (Å²) in [6, 6.07) is 26.2. The Morgan fingerprint density at radius 3 is 2.21 bits per heavy atom. The highest BCUT2D eigenvalue weighted by molar-refractivity contribution is 6.03. The van der Waals surface area contributed by atoms with Gasteiger partial charge in [0.2, 0.25) is 5.91 Å². The monoisotopic (exact) mass is 388 g/mol. The molecule has 0 heterocycles. The summed E-state index contributed by atoms with van der Waals surface area (Å²) in [5.74, 6) is 0.412. The highest BCUT2D eigenvalue weighted by Crippen LogP contribution is 2.16. The first-order valence-electron chi connectivity index (χ1n) is 9.61. The third kappa shape index (κ3) is 6.50. The van der Waals surface area contributed by atoms with Gasteiger partial charge in [-0.25, -0.2) is 0 Å². The molecule has 0 radical (unpaired) electrons. The van der Waals surface area contributed by atoms with Crippen molar-refractivity contribution in [2.75, 3.05) is 11.9 Å². The zero-order valence-corrected chi connectivity index (χ0v) is 16.1. The summed E-state index contributed by atoms with van der Waals surface area (Å²) in [6.07, 6.45) is 0.899. The molecule has 0 aliphatic heterocycles. The Morgan fingerprint density at radius 2 is 1.45 bits per heavy atom. The van der Waals surface area contributed by atoms with Crippen LogP contribution in [0.1, 0.15) is 28.8 Å². The zero-order valence-electron chi connectivity index (χ0n) is 16.1. The number of para-hydroxylation sites is 2. The smallest absolute Gasteiger partial charge is 0.253 e. The molecule has 0 bridgehead atoms. The number of rotatable bonds is 9. The topological polar surface area (TPSA) is 67.4 Å². The number of anilines is 1. The average Bonchev–Trinajstić information content (AvgIpc) is 2.77. The summed E-state index contributed by atoms with van der Waals surface area (Å²) in [6.45, 7) is 0.884. The van der Waals surface area contributed by atoms with Crippen LogP contribution in [0, 0.1) is 0 Å². The van der Waals surface area contributed by atoms with Crippen molar-refractivity contribution >= 4 is 17.5 Å². The lowest BCUT2D eigenvalue weighted by atomic mass is 10.1. The second-order valence-corrected chi connectivity index (χ2v) is 6.53. The van der Waals surface area contributed by atoms with Gasteiger partial charge in [0, 0.05) is 13.0 Å². The molecule has 0 saturated heterocycles. The van der Waals surface area contributed by atoms with Crippen LogP contribution < -0.4 is 15.4 Å². The minimum absolute atomic E-state index is 0.148. The lowest BCUT2D eigenvalue weighted by molar-refractivity contribution is -0.116. The molecule has 5 heteroatoms. The van der Waals surface area contributed by atoms with E-state index in [1.807, 2.05) is 60.7 Å². The van der Waals surface area contributed by atoms with E-state index in [-0.39, 0.29) is 11.8 Å². The van der Waals surface area contributed by atoms with Crippen molar-refractivity contribution in [3.63, 3.8) is 0 Å². The van der Waals surface area contributed by atoms with Crippen LogP contribution >= 0.6 is 0 Å². The maximum absolute atomic E-state index is 12.6. The molecule has 0 unspecified atom stereocenters. The maximum atomic E-state index is 12.6. The highest BCUT2D eigenvalue weighted by Gasteiger charge is 2.13. The van der Waals surface area contributed by atoms with Crippen LogP contribution in [0.2, 0.25) is 0 Å². The number of hydrogen-bond donors (Lipinski definition) is 2. The van der Waals surface area contributed by atoms with Crippen molar-refractivity contribution in [3.05, 3.63) is 96.1 Å². The number of carbonyl (C=O) groups excluding carboxylic acids is 2. The van der Waals surface area contributed by atoms with Crippen molar-refractivity contribution in [1.29, 1.82) is 0 Å². The van der Waals surface area contributed by atoms with Crippen LogP contribution in [0.15, 0.2) is 84.9 Å². The fourth-order valence-corrected chi connectivity index (χ4v) is 2.82. The Morgan fingerprint density at radius 1 is 0.793 bits per heavy atom. The third-order valence-electron chi connectivity index (χ3n) is 4.30. The summed E-state index contributed by atoms with van der Waals surface area (Å²) in [4.78, 5) is 24.8. The van der Waals surface area contributed by atoms with Crippen LogP contribution in [-0.2, 0) is 11.3 Å². The molecule has 0 aliphatic carbocycles. The van der Waals surface area contributed by atoms with Gasteiger partial charge < -0.3 is 15.4 Å². The van der Waals surface area contributed by atoms with Crippen LogP contribution in [0.3, 0.4) is 0 Å². The summed E-state index contributed by atoms with van der Waals surface area (Å²) >= 11 is 0. The number of nitrogens with one attached hydrogen (secondary N) is 2. The molecule has 0 aliphatic rings. The molecular formula is C24H24N2O3. The first-order chi connectivity index (χ1) is 14.2. The first kappa shape index (κ1) is 20.1. The summed E-state index contributed by atoms with van der Waals surface area (Å²) in [7, 11) is 0. The molecule has 29 heavy (non-hydrogen) atoms. The predicted octanol–water partition coefficient (Wildman–Crippen LogP) is 4.41. The quantitative estimate of drug-likeness (QED) is 0.534. The number of carbonyl (C=O) groups is 2. The van der Waals surface area contributed by atoms with Gasteiger partial charge in [0.25, 0.3) is 5.91 Å². The average molecular weight is 388 g/mol. The van der Waals surface area contributed by atoms with Gasteiger partial charge in [0.05, 0.1) is 17.9 Å². The van der Waals surface area contributed by atoms with E-state index in [2.05, 4.69) is 10.6 Å². The molecule has 3 rings (SSSR count). The molecule has 0 fully saturated rings. The van der Waals surface area contributed by atoms with Crippen LogP contribution in [0.25, 0.3) is 0 Å². The Kier molecular flexibility index (Phi) is 7.41.